The molecule has 0 aliphatic heterocycles. The summed E-state index contributed by atoms with van der Waals surface area (Å²) in [4.78, 5) is 0. The van der Waals surface area contributed by atoms with Gasteiger partial charge >= 0.3 is 0 Å². The Balaban J connectivity index is 2.29. The van der Waals surface area contributed by atoms with Crippen LogP contribution in [0.25, 0.3) is 0 Å². The molecule has 0 radical (unpaired) electrons. The molecule has 0 fully saturated rings. The van der Waals surface area contributed by atoms with Crippen LogP contribution < -0.4 is 0 Å². The summed E-state index contributed by atoms with van der Waals surface area (Å²) >= 11 is 6.14. The van der Waals surface area contributed by atoms with Crippen LogP contribution in [0.3, 0.4) is 0 Å². The first-order valence-corrected chi connectivity index (χ1v) is 6.15. The molecule has 0 heterocycles. The van der Waals surface area contributed by atoms with E-state index in [1.54, 1.807) is 6.92 Å². The molecular weight excluding hydrogens is 254 g/mol. The zero-order valence-corrected chi connectivity index (χ0v) is 10.7. The molecule has 94 valence electrons. The van der Waals surface area contributed by atoms with Crippen molar-refractivity contribution in [1.29, 1.82) is 0 Å². The molecule has 0 N–H and O–H groups in total. The number of hydrogen-bond acceptors (Lipinski definition) is 0. The van der Waals surface area contributed by atoms with Gasteiger partial charge in [-0.05, 0) is 30.5 Å². The van der Waals surface area contributed by atoms with Crippen molar-refractivity contribution in [2.75, 3.05) is 0 Å². The molecule has 2 rings (SSSR count). The van der Waals surface area contributed by atoms with E-state index >= 15 is 0 Å². The van der Waals surface area contributed by atoms with Crippen molar-refractivity contribution >= 4 is 11.6 Å². The number of rotatable bonds is 3. The molecular formula is C15H13ClF2. The first-order valence-electron chi connectivity index (χ1n) is 5.72. The minimum atomic E-state index is -0.702. The van der Waals surface area contributed by atoms with Crippen LogP contribution in [0.15, 0.2) is 42.5 Å². The van der Waals surface area contributed by atoms with Gasteiger partial charge in [0.25, 0.3) is 0 Å². The molecule has 2 aromatic rings. The summed E-state index contributed by atoms with van der Waals surface area (Å²) in [5.74, 6) is -1.14. The summed E-state index contributed by atoms with van der Waals surface area (Å²) in [7, 11) is 0. The predicted octanol–water partition coefficient (Wildman–Crippen LogP) is 4.80. The third-order valence-corrected chi connectivity index (χ3v) is 3.26. The Morgan fingerprint density at radius 3 is 2.39 bits per heavy atom. The summed E-state index contributed by atoms with van der Waals surface area (Å²) in [6.07, 6.45) is 0.402. The van der Waals surface area contributed by atoms with Gasteiger partial charge < -0.3 is 0 Å². The second kappa shape index (κ2) is 5.49. The topological polar surface area (TPSA) is 0 Å². The molecule has 0 aromatic heterocycles. The lowest BCUT2D eigenvalue weighted by atomic mass is 10.0. The Morgan fingerprint density at radius 2 is 1.72 bits per heavy atom. The Labute approximate surface area is 110 Å². The molecule has 18 heavy (non-hydrogen) atoms. The number of halogens is 3. The van der Waals surface area contributed by atoms with Gasteiger partial charge in [-0.1, -0.05) is 36.4 Å². The highest BCUT2D eigenvalue weighted by Crippen LogP contribution is 2.30. The van der Waals surface area contributed by atoms with Crippen LogP contribution in [0, 0.1) is 18.6 Å². The molecule has 1 atom stereocenters. The second-order valence-electron chi connectivity index (χ2n) is 4.25. The van der Waals surface area contributed by atoms with Gasteiger partial charge in [-0.15, -0.1) is 11.6 Å². The zero-order valence-electron chi connectivity index (χ0n) is 9.96. The molecule has 0 spiro atoms. The van der Waals surface area contributed by atoms with Crippen LogP contribution >= 0.6 is 11.6 Å². The van der Waals surface area contributed by atoms with Crippen molar-refractivity contribution in [1.82, 2.24) is 0 Å². The highest BCUT2D eigenvalue weighted by Gasteiger charge is 2.19. The number of aryl methyl sites for hydroxylation is 1. The molecule has 0 amide bonds. The van der Waals surface area contributed by atoms with Gasteiger partial charge in [-0.2, -0.15) is 0 Å². The van der Waals surface area contributed by atoms with E-state index in [1.165, 1.54) is 12.1 Å². The van der Waals surface area contributed by atoms with Gasteiger partial charge in [0.15, 0.2) is 0 Å². The molecule has 0 saturated carbocycles. The van der Waals surface area contributed by atoms with Gasteiger partial charge in [-0.3, -0.25) is 0 Å². The van der Waals surface area contributed by atoms with E-state index in [9.17, 15) is 8.78 Å². The molecule has 3 heteroatoms. The first-order chi connectivity index (χ1) is 8.59. The molecule has 2 aromatic carbocycles. The van der Waals surface area contributed by atoms with E-state index in [2.05, 4.69) is 0 Å². The van der Waals surface area contributed by atoms with Crippen LogP contribution in [-0.4, -0.2) is 0 Å². The van der Waals surface area contributed by atoms with Crippen molar-refractivity contribution in [2.45, 2.75) is 18.7 Å². The van der Waals surface area contributed by atoms with E-state index in [4.69, 9.17) is 11.6 Å². The molecule has 0 aliphatic rings. The quantitative estimate of drug-likeness (QED) is 0.701. The van der Waals surface area contributed by atoms with Gasteiger partial charge in [-0.25, -0.2) is 8.78 Å². The average molecular weight is 267 g/mol. The fraction of sp³-hybridized carbons (Fsp3) is 0.200. The summed E-state index contributed by atoms with van der Waals surface area (Å²) in [6.45, 7) is 1.60. The standard InChI is InChI=1S/C15H13ClF2/c1-10-7-8-13(17)14(15(10)18)12(16)9-11-5-3-2-4-6-11/h2-8,12H,9H2,1H3. The van der Waals surface area contributed by atoms with Crippen molar-refractivity contribution in [3.63, 3.8) is 0 Å². The molecule has 0 bridgehead atoms. The van der Waals surface area contributed by atoms with Crippen LogP contribution in [0.5, 0.6) is 0 Å². The fourth-order valence-corrected chi connectivity index (χ4v) is 2.27. The van der Waals surface area contributed by atoms with Crippen molar-refractivity contribution in [3.05, 3.63) is 70.8 Å². The second-order valence-corrected chi connectivity index (χ2v) is 4.78. The average Bonchev–Trinajstić information content (AvgIpc) is 2.36. The largest absolute Gasteiger partial charge is 0.207 e. The van der Waals surface area contributed by atoms with Gasteiger partial charge in [0.2, 0.25) is 0 Å². The predicted molar refractivity (Wildman–Crippen MR) is 69.8 cm³/mol. The minimum Gasteiger partial charge on any atom is -0.207 e. The molecule has 1 unspecified atom stereocenters. The van der Waals surface area contributed by atoms with Gasteiger partial charge in [0.05, 0.1) is 5.38 Å². The summed E-state index contributed by atoms with van der Waals surface area (Å²) < 4.78 is 27.6. The third kappa shape index (κ3) is 2.70. The van der Waals surface area contributed by atoms with Crippen molar-refractivity contribution in [3.8, 4) is 0 Å². The molecule has 0 nitrogen and oxygen atoms in total. The fourth-order valence-electron chi connectivity index (χ4n) is 1.89. The maximum atomic E-state index is 13.9. The van der Waals surface area contributed by atoms with Gasteiger partial charge in [0.1, 0.15) is 11.6 Å². The first kappa shape index (κ1) is 13.0. The van der Waals surface area contributed by atoms with E-state index in [1.807, 2.05) is 30.3 Å². The lowest BCUT2D eigenvalue weighted by Gasteiger charge is -2.13. The number of benzene rings is 2. The highest BCUT2D eigenvalue weighted by atomic mass is 35.5. The molecule has 0 saturated heterocycles. The van der Waals surface area contributed by atoms with Gasteiger partial charge in [0, 0.05) is 5.56 Å². The maximum Gasteiger partial charge on any atom is 0.133 e. The van der Waals surface area contributed by atoms with Crippen LogP contribution in [-0.2, 0) is 6.42 Å². The van der Waals surface area contributed by atoms with E-state index in [-0.39, 0.29) is 5.56 Å². The summed E-state index contributed by atoms with van der Waals surface area (Å²) in [5, 5.41) is -0.702. The Kier molecular flexibility index (Phi) is 3.97. The van der Waals surface area contributed by atoms with Crippen LogP contribution in [0.1, 0.15) is 22.1 Å². The Morgan fingerprint density at radius 1 is 1.06 bits per heavy atom. The number of alkyl halides is 1. The molecule has 0 aliphatic carbocycles. The lowest BCUT2D eigenvalue weighted by Crippen LogP contribution is -2.04. The Bertz CT molecular complexity index is 538. The normalized spacial score (nSPS) is 12.4. The maximum absolute atomic E-state index is 13.9. The third-order valence-electron chi connectivity index (χ3n) is 2.89. The van der Waals surface area contributed by atoms with Crippen molar-refractivity contribution < 1.29 is 8.78 Å². The smallest absolute Gasteiger partial charge is 0.133 e. The Hall–Kier alpha value is -1.41. The van der Waals surface area contributed by atoms with E-state index < -0.39 is 17.0 Å². The zero-order chi connectivity index (χ0) is 13.1. The van der Waals surface area contributed by atoms with Crippen LogP contribution in [0.2, 0.25) is 0 Å². The monoisotopic (exact) mass is 266 g/mol. The van der Waals surface area contributed by atoms with E-state index in [0.717, 1.165) is 5.56 Å². The van der Waals surface area contributed by atoms with E-state index in [0.29, 0.717) is 12.0 Å². The lowest BCUT2D eigenvalue weighted by molar-refractivity contribution is 0.545. The van der Waals surface area contributed by atoms with Crippen molar-refractivity contribution in [2.24, 2.45) is 0 Å². The minimum absolute atomic E-state index is 0.0412. The highest BCUT2D eigenvalue weighted by molar-refractivity contribution is 6.21. The SMILES string of the molecule is Cc1ccc(F)c(C(Cl)Cc2ccccc2)c1F. The van der Waals surface area contributed by atoms with Crippen LogP contribution in [0.4, 0.5) is 8.78 Å². The number of hydrogen-bond donors (Lipinski definition) is 0. The summed E-state index contributed by atoms with van der Waals surface area (Å²) in [5.41, 5.74) is 1.32. The summed E-state index contributed by atoms with van der Waals surface area (Å²) in [6, 6.07) is 12.1.